The van der Waals surface area contributed by atoms with Gasteiger partial charge in [-0.05, 0) is 19.2 Å². The minimum absolute atomic E-state index is 0.780. The topological polar surface area (TPSA) is 12.4 Å². The van der Waals surface area contributed by atoms with Crippen molar-refractivity contribution in [3.05, 3.63) is 18.4 Å². The molecule has 0 saturated heterocycles. The summed E-state index contributed by atoms with van der Waals surface area (Å²) in [5.74, 6) is 0. The Balaban J connectivity index is 2.97. The first-order chi connectivity index (χ1) is 3.41. The minimum Gasteiger partial charge on any atom is -0.301 e. The number of rotatable bonds is 3. The van der Waals surface area contributed by atoms with E-state index in [0.717, 1.165) is 13.0 Å². The van der Waals surface area contributed by atoms with E-state index in [4.69, 9.17) is 0 Å². The zero-order valence-electron chi connectivity index (χ0n) is 4.35. The molecule has 0 spiro atoms. The molecule has 0 unspecified atom stereocenters. The molecule has 0 bridgehead atoms. The number of hydrogen-bond donors (Lipinski definition) is 0. The summed E-state index contributed by atoms with van der Waals surface area (Å²) in [7, 11) is 0. The highest BCUT2D eigenvalue weighted by molar-refractivity contribution is 5.23. The van der Waals surface area contributed by atoms with Crippen LogP contribution in [0.4, 0.5) is 0 Å². The lowest BCUT2D eigenvalue weighted by atomic mass is 10.4. The van der Waals surface area contributed by atoms with Crippen LogP contribution in [0.3, 0.4) is 0 Å². The number of aliphatic imine (C=N–C) groups is 1. The monoisotopic (exact) mass is 95.1 g/mol. The van der Waals surface area contributed by atoms with Crippen LogP contribution >= 0.6 is 0 Å². The number of nitrogens with zero attached hydrogens (tertiary/aromatic N) is 1. The zero-order chi connectivity index (χ0) is 5.54. The van der Waals surface area contributed by atoms with Crippen LogP contribution in [-0.2, 0) is 0 Å². The van der Waals surface area contributed by atoms with Gasteiger partial charge in [0, 0.05) is 6.54 Å². The summed E-state index contributed by atoms with van der Waals surface area (Å²) in [5, 5.41) is 0. The first-order valence-corrected chi connectivity index (χ1v) is 2.18. The molecule has 7 heavy (non-hydrogen) atoms. The molecule has 0 saturated carbocycles. The second-order valence-electron chi connectivity index (χ2n) is 1.14. The summed E-state index contributed by atoms with van der Waals surface area (Å²) in [5.41, 5.74) is 2.64. The second kappa shape index (κ2) is 5.19. The highest BCUT2D eigenvalue weighted by Gasteiger charge is 1.68. The van der Waals surface area contributed by atoms with Crippen LogP contribution in [0.25, 0.3) is 0 Å². The Kier molecular flexibility index (Phi) is 4.59. The predicted octanol–water partition coefficient (Wildman–Crippen LogP) is 1.42. The summed E-state index contributed by atoms with van der Waals surface area (Å²) >= 11 is 0. The van der Waals surface area contributed by atoms with Gasteiger partial charge in [-0.1, -0.05) is 6.58 Å². The van der Waals surface area contributed by atoms with Crippen molar-refractivity contribution in [2.24, 2.45) is 4.99 Å². The van der Waals surface area contributed by atoms with Crippen molar-refractivity contribution in [1.82, 2.24) is 0 Å². The van der Waals surface area contributed by atoms with Crippen molar-refractivity contribution in [3.8, 4) is 0 Å². The van der Waals surface area contributed by atoms with Crippen molar-refractivity contribution in [3.63, 3.8) is 0 Å². The molecule has 38 valence electrons. The molecule has 0 heterocycles. The van der Waals surface area contributed by atoms with Gasteiger partial charge in [0.15, 0.2) is 0 Å². The summed E-state index contributed by atoms with van der Waals surface area (Å²) < 4.78 is 0. The van der Waals surface area contributed by atoms with Gasteiger partial charge in [0.25, 0.3) is 0 Å². The minimum atomic E-state index is 0.780. The van der Waals surface area contributed by atoms with Crippen molar-refractivity contribution in [2.45, 2.75) is 6.42 Å². The Morgan fingerprint density at radius 2 is 2.43 bits per heavy atom. The summed E-state index contributed by atoms with van der Waals surface area (Å²) in [6, 6.07) is 0. The molecule has 0 aromatic heterocycles. The van der Waals surface area contributed by atoms with Gasteiger partial charge in [-0.2, -0.15) is 0 Å². The molecule has 0 rings (SSSR count). The van der Waals surface area contributed by atoms with Gasteiger partial charge in [0.2, 0.25) is 0 Å². The van der Waals surface area contributed by atoms with Crippen LogP contribution in [-0.4, -0.2) is 13.3 Å². The van der Waals surface area contributed by atoms with E-state index < -0.39 is 0 Å². The third-order valence-electron chi connectivity index (χ3n) is 0.576. The highest BCUT2D eigenvalue weighted by Crippen LogP contribution is 1.77. The van der Waals surface area contributed by atoms with Crippen LogP contribution in [0.5, 0.6) is 0 Å². The lowest BCUT2D eigenvalue weighted by Crippen LogP contribution is -1.70. The smallest absolute Gasteiger partial charge is 0.0422 e. The maximum absolute atomic E-state index is 3.62. The first kappa shape index (κ1) is 6.19. The lowest BCUT2D eigenvalue weighted by Gasteiger charge is -1.77. The summed E-state index contributed by atoms with van der Waals surface area (Å²) in [6.07, 6.45) is 2.75. The molecule has 0 N–H and O–H groups in total. The second-order valence-corrected chi connectivity index (χ2v) is 1.14. The molecule has 0 radical (unpaired) electrons. The van der Waals surface area contributed by atoms with E-state index >= 15 is 0 Å². The molecule has 1 heteroatoms. The molecule has 0 fully saturated rings. The Labute approximate surface area is 44.1 Å². The van der Waals surface area contributed by atoms with Gasteiger partial charge in [-0.25, -0.2) is 0 Å². The van der Waals surface area contributed by atoms with E-state index in [9.17, 15) is 0 Å². The third-order valence-corrected chi connectivity index (χ3v) is 0.576. The van der Waals surface area contributed by atoms with Crippen molar-refractivity contribution >= 4 is 6.72 Å². The predicted molar refractivity (Wildman–Crippen MR) is 32.7 cm³/mol. The van der Waals surface area contributed by atoms with E-state index in [1.54, 1.807) is 0 Å². The Morgan fingerprint density at radius 1 is 1.71 bits per heavy atom. The van der Waals surface area contributed by atoms with Gasteiger partial charge in [-0.3, -0.25) is 0 Å². The van der Waals surface area contributed by atoms with E-state index in [2.05, 4.69) is 24.0 Å². The van der Waals surface area contributed by atoms with Crippen LogP contribution in [0, 0.1) is 0 Å². The van der Waals surface area contributed by atoms with Gasteiger partial charge < -0.3 is 4.99 Å². The van der Waals surface area contributed by atoms with Gasteiger partial charge >= 0.3 is 0 Å². The van der Waals surface area contributed by atoms with E-state index in [1.165, 1.54) is 0 Å². The van der Waals surface area contributed by atoms with Crippen molar-refractivity contribution < 1.29 is 0 Å². The van der Waals surface area contributed by atoms with E-state index in [0.29, 0.717) is 0 Å². The molecular weight excluding hydrogens is 86.1 g/mol. The van der Waals surface area contributed by atoms with Crippen LogP contribution in [0.2, 0.25) is 0 Å². The fourth-order valence-corrected chi connectivity index (χ4v) is 0.258. The van der Waals surface area contributed by atoms with Crippen LogP contribution in [0.1, 0.15) is 6.42 Å². The average Bonchev–Trinajstić information content (AvgIpc) is 1.69. The molecule has 0 aliphatic heterocycles. The maximum Gasteiger partial charge on any atom is 0.0422 e. The van der Waals surface area contributed by atoms with Crippen LogP contribution in [0.15, 0.2) is 23.4 Å². The molecular formula is C6H9N. The average molecular weight is 95.1 g/mol. The molecule has 0 aromatic rings. The van der Waals surface area contributed by atoms with Crippen molar-refractivity contribution in [1.29, 1.82) is 0 Å². The molecule has 0 atom stereocenters. The van der Waals surface area contributed by atoms with E-state index in [1.807, 2.05) is 6.08 Å². The largest absolute Gasteiger partial charge is 0.301 e. The Hall–Kier alpha value is -0.810. The summed E-state index contributed by atoms with van der Waals surface area (Å²) in [4.78, 5) is 3.62. The number of hydrogen-bond acceptors (Lipinski definition) is 1. The molecule has 0 aromatic carbocycles. The summed E-state index contributed by atoms with van der Waals surface area (Å²) in [6.45, 7) is 7.48. The maximum atomic E-state index is 3.62. The highest BCUT2D eigenvalue weighted by atomic mass is 14.7. The first-order valence-electron chi connectivity index (χ1n) is 2.18. The molecule has 0 amide bonds. The quantitative estimate of drug-likeness (QED) is 0.285. The SMILES string of the molecule is C=C=CCCN=C. The Bertz CT molecular complexity index is 88.4. The van der Waals surface area contributed by atoms with Crippen LogP contribution < -0.4 is 0 Å². The van der Waals surface area contributed by atoms with Gasteiger partial charge in [0.1, 0.15) is 0 Å². The fourth-order valence-electron chi connectivity index (χ4n) is 0.258. The van der Waals surface area contributed by atoms with Gasteiger partial charge in [0.05, 0.1) is 0 Å². The van der Waals surface area contributed by atoms with Gasteiger partial charge in [-0.15, -0.1) is 5.73 Å². The molecule has 0 aliphatic rings. The molecule has 0 aliphatic carbocycles. The van der Waals surface area contributed by atoms with E-state index in [-0.39, 0.29) is 0 Å². The Morgan fingerprint density at radius 3 is 2.86 bits per heavy atom. The zero-order valence-corrected chi connectivity index (χ0v) is 4.35. The molecule has 1 nitrogen and oxygen atoms in total. The normalized spacial score (nSPS) is 6.86. The fraction of sp³-hybridized carbons (Fsp3) is 0.333. The standard InChI is InChI=1S/C6H9N/c1-3-4-5-6-7-2/h4H,1-2,5-6H2. The van der Waals surface area contributed by atoms with Crippen molar-refractivity contribution in [2.75, 3.05) is 6.54 Å². The lowest BCUT2D eigenvalue weighted by molar-refractivity contribution is 1.02. The third kappa shape index (κ3) is 5.19.